The molecule has 564 valence electrons. The molecule has 0 aliphatic rings. The van der Waals surface area contributed by atoms with E-state index in [0.29, 0.717) is 25.7 Å². The summed E-state index contributed by atoms with van der Waals surface area (Å²) in [5.41, 5.74) is 0. The first-order chi connectivity index (χ1) is 46.0. The Morgan fingerprint density at radius 3 is 0.716 bits per heavy atom. The molecule has 0 aliphatic heterocycles. The summed E-state index contributed by atoms with van der Waals surface area (Å²) < 4.78 is 68.5. The molecule has 0 bridgehead atoms. The van der Waals surface area contributed by atoms with Gasteiger partial charge in [-0.15, -0.1) is 0 Å². The zero-order chi connectivity index (χ0) is 69.8. The molecule has 0 fully saturated rings. The summed E-state index contributed by atoms with van der Waals surface area (Å²) in [6.07, 6.45) is 58.2. The first-order valence-corrected chi connectivity index (χ1v) is 42.6. The maximum atomic E-state index is 13.1. The lowest BCUT2D eigenvalue weighted by Gasteiger charge is -2.21. The Morgan fingerprint density at radius 2 is 0.484 bits per heavy atom. The third kappa shape index (κ3) is 70.3. The zero-order valence-electron chi connectivity index (χ0n) is 61.8. The monoisotopic (exact) mass is 1400 g/mol. The van der Waals surface area contributed by atoms with Crippen LogP contribution in [0, 0.1) is 5.92 Å². The van der Waals surface area contributed by atoms with Crippen molar-refractivity contribution in [2.45, 2.75) is 419 Å². The Kier molecular flexibility index (Phi) is 67.7. The van der Waals surface area contributed by atoms with Crippen LogP contribution in [-0.2, 0) is 65.4 Å². The van der Waals surface area contributed by atoms with Gasteiger partial charge in [0.05, 0.1) is 26.4 Å². The van der Waals surface area contributed by atoms with Gasteiger partial charge in [-0.25, -0.2) is 9.13 Å². The van der Waals surface area contributed by atoms with Crippen LogP contribution >= 0.6 is 15.6 Å². The molecule has 5 atom stereocenters. The molecule has 17 nitrogen and oxygen atoms in total. The van der Waals surface area contributed by atoms with Gasteiger partial charge >= 0.3 is 39.5 Å². The molecular formula is C76H148O17P2. The first kappa shape index (κ1) is 93.1. The van der Waals surface area contributed by atoms with Crippen molar-refractivity contribution in [3.05, 3.63) is 0 Å². The van der Waals surface area contributed by atoms with Gasteiger partial charge in [0, 0.05) is 25.7 Å². The topological polar surface area (TPSA) is 237 Å². The number of unbranched alkanes of at least 4 members (excludes halogenated alkanes) is 48. The number of carbonyl (C=O) groups is 4. The third-order valence-electron chi connectivity index (χ3n) is 17.8. The largest absolute Gasteiger partial charge is 0.472 e. The summed E-state index contributed by atoms with van der Waals surface area (Å²) in [4.78, 5) is 72.8. The van der Waals surface area contributed by atoms with Gasteiger partial charge in [-0.2, -0.15) is 0 Å². The molecule has 0 radical (unpaired) electrons. The molecule has 0 aromatic heterocycles. The van der Waals surface area contributed by atoms with Crippen LogP contribution in [0.4, 0.5) is 0 Å². The lowest BCUT2D eigenvalue weighted by atomic mass is 10.0. The smallest absolute Gasteiger partial charge is 0.462 e. The van der Waals surface area contributed by atoms with Gasteiger partial charge < -0.3 is 33.8 Å². The predicted molar refractivity (Wildman–Crippen MR) is 386 cm³/mol. The van der Waals surface area contributed by atoms with E-state index in [4.69, 9.17) is 37.0 Å². The number of ether oxygens (including phenoxy) is 4. The number of phosphoric ester groups is 2. The highest BCUT2D eigenvalue weighted by molar-refractivity contribution is 7.47. The summed E-state index contributed by atoms with van der Waals surface area (Å²) in [7, 11) is -9.91. The van der Waals surface area contributed by atoms with E-state index in [9.17, 15) is 43.2 Å². The SMILES string of the molecule is CCCCCCCCCCCCCCCCCCCCCC(=O)O[C@H](COC(=O)CCCCCCCCCCCC(C)C)COP(=O)(O)OC[C@@H](O)COP(=O)(O)OC[C@@H](COC(=O)CCCCCCCCCCCCCC)OC(=O)CCCCCCCCCCCCCC. The summed E-state index contributed by atoms with van der Waals surface area (Å²) in [6, 6.07) is 0. The molecule has 0 spiro atoms. The normalized spacial score (nSPS) is 13.9. The highest BCUT2D eigenvalue weighted by atomic mass is 31.2. The molecule has 0 saturated heterocycles. The van der Waals surface area contributed by atoms with Crippen molar-refractivity contribution < 1.29 is 80.2 Å². The van der Waals surface area contributed by atoms with Crippen LogP contribution in [0.2, 0.25) is 0 Å². The van der Waals surface area contributed by atoms with Crippen molar-refractivity contribution in [3.8, 4) is 0 Å². The van der Waals surface area contributed by atoms with Crippen molar-refractivity contribution >= 4 is 39.5 Å². The van der Waals surface area contributed by atoms with E-state index >= 15 is 0 Å². The molecule has 0 heterocycles. The summed E-state index contributed by atoms with van der Waals surface area (Å²) in [5, 5.41) is 10.6. The van der Waals surface area contributed by atoms with E-state index in [1.54, 1.807) is 0 Å². The average Bonchev–Trinajstić information content (AvgIpc) is 2.90. The quantitative estimate of drug-likeness (QED) is 0.0222. The van der Waals surface area contributed by atoms with Crippen LogP contribution in [0.25, 0.3) is 0 Å². The van der Waals surface area contributed by atoms with Crippen molar-refractivity contribution in [2.75, 3.05) is 39.6 Å². The minimum atomic E-state index is -4.96. The second-order valence-corrected chi connectivity index (χ2v) is 30.8. The summed E-state index contributed by atoms with van der Waals surface area (Å²) in [6.45, 7) is 7.28. The number of rotatable bonds is 76. The molecule has 0 saturated carbocycles. The van der Waals surface area contributed by atoms with E-state index in [1.165, 1.54) is 225 Å². The number of phosphoric acid groups is 2. The Balaban J connectivity index is 5.22. The van der Waals surface area contributed by atoms with Crippen LogP contribution < -0.4 is 0 Å². The molecule has 0 aromatic rings. The fourth-order valence-corrected chi connectivity index (χ4v) is 13.3. The van der Waals surface area contributed by atoms with Crippen LogP contribution in [0.3, 0.4) is 0 Å². The Hall–Kier alpha value is -1.94. The second kappa shape index (κ2) is 69.2. The minimum Gasteiger partial charge on any atom is -0.462 e. The maximum absolute atomic E-state index is 13.1. The number of hydrogen-bond acceptors (Lipinski definition) is 15. The fourth-order valence-electron chi connectivity index (χ4n) is 11.7. The van der Waals surface area contributed by atoms with Crippen molar-refractivity contribution in [1.29, 1.82) is 0 Å². The molecule has 3 N–H and O–H groups in total. The van der Waals surface area contributed by atoms with Gasteiger partial charge in [0.25, 0.3) is 0 Å². The number of hydrogen-bond donors (Lipinski definition) is 3. The molecule has 95 heavy (non-hydrogen) atoms. The van der Waals surface area contributed by atoms with Crippen molar-refractivity contribution in [1.82, 2.24) is 0 Å². The van der Waals surface area contributed by atoms with Gasteiger partial charge in [-0.3, -0.25) is 37.3 Å². The van der Waals surface area contributed by atoms with E-state index in [1.807, 2.05) is 0 Å². The van der Waals surface area contributed by atoms with Crippen LogP contribution in [-0.4, -0.2) is 96.7 Å². The number of carbonyl (C=O) groups excluding carboxylic acids is 4. The van der Waals surface area contributed by atoms with Gasteiger partial charge in [0.1, 0.15) is 19.3 Å². The summed E-state index contributed by atoms with van der Waals surface area (Å²) >= 11 is 0. The fraction of sp³-hybridized carbons (Fsp3) is 0.947. The molecule has 2 unspecified atom stereocenters. The third-order valence-corrected chi connectivity index (χ3v) is 19.7. The zero-order valence-corrected chi connectivity index (χ0v) is 63.6. The average molecular weight is 1400 g/mol. The maximum Gasteiger partial charge on any atom is 0.472 e. The highest BCUT2D eigenvalue weighted by Gasteiger charge is 2.30. The molecule has 0 aromatic carbocycles. The second-order valence-electron chi connectivity index (χ2n) is 27.9. The minimum absolute atomic E-state index is 0.108. The van der Waals surface area contributed by atoms with E-state index in [0.717, 1.165) is 95.8 Å². The standard InChI is InChI=1S/C76H148O17P2/c1-6-9-12-15-18-21-24-27-28-29-30-31-32-33-36-41-47-52-57-62-76(81)93-72(66-87-74(79)60-55-50-45-42-37-38-43-48-53-58-69(4)5)68-91-95(84,85)89-64-70(77)63-88-94(82,83)90-67-71(92-75(80)61-56-51-46-40-35-26-23-20-17-14-11-8-3)65-86-73(78)59-54-49-44-39-34-25-22-19-16-13-10-7-2/h69-72,77H,6-68H2,1-5H3,(H,82,83)(H,84,85)/t70-,71+,72+/m0/s1. The van der Waals surface area contributed by atoms with Gasteiger partial charge in [-0.1, -0.05) is 349 Å². The molecule has 0 amide bonds. The highest BCUT2D eigenvalue weighted by Crippen LogP contribution is 2.45. The van der Waals surface area contributed by atoms with E-state index in [2.05, 4.69) is 34.6 Å². The Bertz CT molecular complexity index is 1820. The molecule has 0 aliphatic carbocycles. The lowest BCUT2D eigenvalue weighted by molar-refractivity contribution is -0.161. The first-order valence-electron chi connectivity index (χ1n) is 39.6. The molecular weight excluding hydrogens is 1250 g/mol. The lowest BCUT2D eigenvalue weighted by Crippen LogP contribution is -2.30. The van der Waals surface area contributed by atoms with Crippen molar-refractivity contribution in [2.24, 2.45) is 5.92 Å². The molecule has 19 heteroatoms. The van der Waals surface area contributed by atoms with Gasteiger partial charge in [0.2, 0.25) is 0 Å². The van der Waals surface area contributed by atoms with Gasteiger partial charge in [0.15, 0.2) is 12.2 Å². The number of aliphatic hydroxyl groups excluding tert-OH is 1. The Morgan fingerprint density at radius 1 is 0.284 bits per heavy atom. The van der Waals surface area contributed by atoms with E-state index in [-0.39, 0.29) is 25.7 Å². The number of esters is 4. The van der Waals surface area contributed by atoms with E-state index < -0.39 is 97.5 Å². The number of aliphatic hydroxyl groups is 1. The van der Waals surface area contributed by atoms with Gasteiger partial charge in [-0.05, 0) is 31.6 Å². The van der Waals surface area contributed by atoms with Crippen molar-refractivity contribution in [3.63, 3.8) is 0 Å². The summed E-state index contributed by atoms with van der Waals surface area (Å²) in [5.74, 6) is -1.37. The van der Waals surface area contributed by atoms with Crippen LogP contribution in [0.1, 0.15) is 401 Å². The Labute approximate surface area is 581 Å². The van der Waals surface area contributed by atoms with Crippen LogP contribution in [0.5, 0.6) is 0 Å². The molecule has 0 rings (SSSR count). The van der Waals surface area contributed by atoms with Crippen LogP contribution in [0.15, 0.2) is 0 Å². The predicted octanol–water partition coefficient (Wildman–Crippen LogP) is 22.5.